The smallest absolute Gasteiger partial charge is 0.265 e. The van der Waals surface area contributed by atoms with Crippen LogP contribution in [0.1, 0.15) is 15.9 Å². The Labute approximate surface area is 172 Å². The minimum atomic E-state index is -0.201. The Hall–Kier alpha value is -3.35. The summed E-state index contributed by atoms with van der Waals surface area (Å²) >= 11 is 6.08. The zero-order valence-corrected chi connectivity index (χ0v) is 16.5. The molecular formula is C22H19ClN4O2. The van der Waals surface area contributed by atoms with E-state index in [1.165, 1.54) is 6.07 Å². The van der Waals surface area contributed by atoms with Gasteiger partial charge in [0.1, 0.15) is 0 Å². The van der Waals surface area contributed by atoms with Crippen LogP contribution >= 0.6 is 11.6 Å². The van der Waals surface area contributed by atoms with E-state index >= 15 is 0 Å². The van der Waals surface area contributed by atoms with Crippen LogP contribution in [0.5, 0.6) is 0 Å². The molecule has 0 bridgehead atoms. The van der Waals surface area contributed by atoms with Crippen LogP contribution in [0, 0.1) is 0 Å². The van der Waals surface area contributed by atoms with Gasteiger partial charge in [-0.05, 0) is 35.9 Å². The molecule has 0 unspecified atom stereocenters. The molecule has 0 saturated carbocycles. The summed E-state index contributed by atoms with van der Waals surface area (Å²) in [5.74, 6) is -0.201. The normalized spacial score (nSPS) is 11.1. The number of nitrogens with zero attached hydrogens (tertiary/aromatic N) is 2. The minimum absolute atomic E-state index is 0.0787. The molecule has 4 rings (SSSR count). The minimum Gasteiger partial charge on any atom is -0.360 e. The van der Waals surface area contributed by atoms with Crippen molar-refractivity contribution in [2.45, 2.75) is 6.54 Å². The number of hydrogen-bond acceptors (Lipinski definition) is 3. The Bertz CT molecular complexity index is 1230. The first-order chi connectivity index (χ1) is 14.0. The van der Waals surface area contributed by atoms with Gasteiger partial charge in [0, 0.05) is 54.2 Å². The van der Waals surface area contributed by atoms with Gasteiger partial charge in [-0.15, -0.1) is 0 Å². The highest BCUT2D eigenvalue weighted by molar-refractivity contribution is 6.35. The lowest BCUT2D eigenvalue weighted by atomic mass is 10.1. The van der Waals surface area contributed by atoms with Crippen molar-refractivity contribution in [3.63, 3.8) is 0 Å². The van der Waals surface area contributed by atoms with Crippen molar-refractivity contribution in [1.29, 1.82) is 0 Å². The van der Waals surface area contributed by atoms with Gasteiger partial charge in [-0.3, -0.25) is 19.6 Å². The monoisotopic (exact) mass is 406 g/mol. The predicted molar refractivity (Wildman–Crippen MR) is 114 cm³/mol. The highest BCUT2D eigenvalue weighted by atomic mass is 35.5. The number of pyridine rings is 1. The third-order valence-corrected chi connectivity index (χ3v) is 4.96. The van der Waals surface area contributed by atoms with E-state index < -0.39 is 0 Å². The van der Waals surface area contributed by atoms with Crippen molar-refractivity contribution < 1.29 is 4.79 Å². The number of rotatable bonds is 5. The molecule has 0 radical (unpaired) electrons. The molecule has 0 atom stereocenters. The van der Waals surface area contributed by atoms with Crippen LogP contribution in [-0.4, -0.2) is 27.5 Å². The molecule has 0 aliphatic heterocycles. The van der Waals surface area contributed by atoms with E-state index in [1.807, 2.05) is 36.4 Å². The fraction of sp³-hybridized carbons (Fsp3) is 0.0909. The van der Waals surface area contributed by atoms with Gasteiger partial charge < -0.3 is 4.98 Å². The van der Waals surface area contributed by atoms with Gasteiger partial charge in [-0.1, -0.05) is 35.9 Å². The molecule has 2 N–H and O–H groups in total. The first kappa shape index (κ1) is 19.0. The molecule has 1 amide bonds. The number of carbonyl (C=O) groups excluding carboxylic acids is 1. The molecular weight excluding hydrogens is 388 g/mol. The number of fused-ring (bicyclic) bond motifs is 1. The highest BCUT2D eigenvalue weighted by Gasteiger charge is 2.11. The van der Waals surface area contributed by atoms with Gasteiger partial charge >= 0.3 is 0 Å². The molecule has 4 aromatic rings. The number of halogens is 1. The molecule has 6 nitrogen and oxygen atoms in total. The zero-order chi connectivity index (χ0) is 20.4. The molecule has 0 fully saturated rings. The maximum absolute atomic E-state index is 12.5. The average molecular weight is 407 g/mol. The first-order valence-electron chi connectivity index (χ1n) is 9.07. The molecule has 2 heterocycles. The number of nitrogens with one attached hydrogen (secondary N) is 2. The summed E-state index contributed by atoms with van der Waals surface area (Å²) in [7, 11) is 1.80. The quantitative estimate of drug-likeness (QED) is 0.496. The molecule has 2 aromatic heterocycles. The standard InChI is InChI=1S/C22H19ClN4O2/c1-26(25-22(29)16-7-10-18-19(23)13-24-20(18)12-16)14-15-5-8-17(9-6-15)27-11-3-2-4-21(27)28/h2-13,24H,14H2,1H3,(H,25,29). The van der Waals surface area contributed by atoms with Crippen LogP contribution in [0.15, 0.2) is 77.9 Å². The highest BCUT2D eigenvalue weighted by Crippen LogP contribution is 2.23. The van der Waals surface area contributed by atoms with Gasteiger partial charge in [-0.2, -0.15) is 0 Å². The lowest BCUT2D eigenvalue weighted by Gasteiger charge is -2.18. The molecule has 0 aliphatic carbocycles. The molecule has 146 valence electrons. The number of hydrazine groups is 1. The molecule has 7 heteroatoms. The third-order valence-electron chi connectivity index (χ3n) is 4.64. The largest absolute Gasteiger partial charge is 0.360 e. The third kappa shape index (κ3) is 4.08. The fourth-order valence-corrected chi connectivity index (χ4v) is 3.41. The van der Waals surface area contributed by atoms with Crippen molar-refractivity contribution in [3.8, 4) is 5.69 Å². The van der Waals surface area contributed by atoms with E-state index in [1.54, 1.807) is 47.2 Å². The summed E-state index contributed by atoms with van der Waals surface area (Å²) in [5, 5.41) is 3.23. The number of aromatic nitrogens is 2. The van der Waals surface area contributed by atoms with E-state index in [4.69, 9.17) is 11.6 Å². The average Bonchev–Trinajstić information content (AvgIpc) is 3.09. The first-order valence-corrected chi connectivity index (χ1v) is 9.45. The predicted octanol–water partition coefficient (Wildman–Crippen LogP) is 3.75. The Morgan fingerprint density at radius 1 is 1.14 bits per heavy atom. The summed E-state index contributed by atoms with van der Waals surface area (Å²) < 4.78 is 1.58. The van der Waals surface area contributed by atoms with Gasteiger partial charge in [0.05, 0.1) is 5.02 Å². The summed E-state index contributed by atoms with van der Waals surface area (Å²) in [6, 6.07) is 18.0. The van der Waals surface area contributed by atoms with E-state index in [0.29, 0.717) is 17.1 Å². The number of carbonyl (C=O) groups is 1. The number of hydrogen-bond donors (Lipinski definition) is 2. The lowest BCUT2D eigenvalue weighted by molar-refractivity contribution is 0.0820. The van der Waals surface area contributed by atoms with Crippen LogP contribution in [0.4, 0.5) is 0 Å². The number of H-pyrrole nitrogens is 1. The summed E-state index contributed by atoms with van der Waals surface area (Å²) in [6.45, 7) is 0.520. The maximum atomic E-state index is 12.5. The Kier molecular flexibility index (Phi) is 5.20. The van der Waals surface area contributed by atoms with Gasteiger partial charge in [0.2, 0.25) is 0 Å². The van der Waals surface area contributed by atoms with Crippen molar-refractivity contribution in [3.05, 3.63) is 99.6 Å². The molecule has 29 heavy (non-hydrogen) atoms. The van der Waals surface area contributed by atoms with Gasteiger partial charge in [0.15, 0.2) is 0 Å². The number of aromatic amines is 1. The summed E-state index contributed by atoms with van der Waals surface area (Å²) in [6.07, 6.45) is 3.44. The summed E-state index contributed by atoms with van der Waals surface area (Å²) in [5.41, 5.74) is 5.95. The van der Waals surface area contributed by atoms with Gasteiger partial charge in [-0.25, -0.2) is 5.01 Å². The Morgan fingerprint density at radius 2 is 1.93 bits per heavy atom. The fourth-order valence-electron chi connectivity index (χ4n) is 3.19. The van der Waals surface area contributed by atoms with Crippen LogP contribution in [-0.2, 0) is 6.54 Å². The van der Waals surface area contributed by atoms with E-state index in [9.17, 15) is 9.59 Å². The number of amides is 1. The van der Waals surface area contributed by atoms with Crippen molar-refractivity contribution in [1.82, 2.24) is 20.0 Å². The molecule has 0 aliphatic rings. The number of benzene rings is 2. The van der Waals surface area contributed by atoms with E-state index in [-0.39, 0.29) is 11.5 Å². The topological polar surface area (TPSA) is 70.1 Å². The second-order valence-corrected chi connectivity index (χ2v) is 7.18. The zero-order valence-electron chi connectivity index (χ0n) is 15.7. The second-order valence-electron chi connectivity index (χ2n) is 6.77. The van der Waals surface area contributed by atoms with E-state index in [0.717, 1.165) is 22.2 Å². The van der Waals surface area contributed by atoms with E-state index in [2.05, 4.69) is 10.4 Å². The second kappa shape index (κ2) is 7.95. The van der Waals surface area contributed by atoms with Crippen LogP contribution in [0.2, 0.25) is 5.02 Å². The van der Waals surface area contributed by atoms with Crippen molar-refractivity contribution in [2.24, 2.45) is 0 Å². The SMILES string of the molecule is CN(Cc1ccc(-n2ccccc2=O)cc1)NC(=O)c1ccc2c(Cl)c[nH]c2c1. The van der Waals surface area contributed by atoms with Crippen LogP contribution in [0.3, 0.4) is 0 Å². The molecule has 2 aromatic carbocycles. The summed E-state index contributed by atoms with van der Waals surface area (Å²) in [4.78, 5) is 27.5. The Balaban J connectivity index is 1.42. The van der Waals surface area contributed by atoms with Gasteiger partial charge in [0.25, 0.3) is 11.5 Å². The molecule has 0 spiro atoms. The maximum Gasteiger partial charge on any atom is 0.265 e. The Morgan fingerprint density at radius 3 is 2.69 bits per heavy atom. The van der Waals surface area contributed by atoms with Crippen molar-refractivity contribution in [2.75, 3.05) is 7.05 Å². The molecule has 0 saturated heterocycles. The van der Waals surface area contributed by atoms with Crippen molar-refractivity contribution >= 4 is 28.4 Å². The lowest BCUT2D eigenvalue weighted by Crippen LogP contribution is -2.38. The van der Waals surface area contributed by atoms with Crippen LogP contribution < -0.4 is 11.0 Å². The van der Waals surface area contributed by atoms with Crippen LogP contribution in [0.25, 0.3) is 16.6 Å².